The van der Waals surface area contributed by atoms with E-state index in [1.54, 1.807) is 0 Å². The van der Waals surface area contributed by atoms with E-state index in [2.05, 4.69) is 36.2 Å². The molecule has 0 aromatic heterocycles. The molecule has 0 heterocycles. The zero-order valence-corrected chi connectivity index (χ0v) is 10.6. The Balaban J connectivity index is 2.35. The Morgan fingerprint density at radius 3 is 2.65 bits per heavy atom. The molecule has 92 valence electrons. The summed E-state index contributed by atoms with van der Waals surface area (Å²) >= 11 is 0. The number of nitrogens with two attached hydrogens (primary N) is 1. The van der Waals surface area contributed by atoms with Gasteiger partial charge in [0.2, 0.25) is 0 Å². The third kappa shape index (κ3) is 2.28. The first kappa shape index (κ1) is 12.3. The maximum Gasteiger partial charge on any atom is 0.0601 e. The molecule has 1 aliphatic carbocycles. The second kappa shape index (κ2) is 5.03. The summed E-state index contributed by atoms with van der Waals surface area (Å²) in [5, 5.41) is 3.24. The minimum atomic E-state index is -0.316. The van der Waals surface area contributed by atoms with Crippen LogP contribution in [-0.2, 0) is 5.54 Å². The van der Waals surface area contributed by atoms with Gasteiger partial charge in [-0.2, -0.15) is 0 Å². The third-order valence-corrected chi connectivity index (χ3v) is 3.89. The first-order chi connectivity index (χ1) is 8.18. The van der Waals surface area contributed by atoms with Gasteiger partial charge < -0.3 is 11.1 Å². The van der Waals surface area contributed by atoms with Crippen LogP contribution in [0, 0.1) is 5.92 Å². The largest absolute Gasteiger partial charge is 0.320 e. The van der Waals surface area contributed by atoms with Gasteiger partial charge in [-0.15, -0.1) is 0 Å². The molecular weight excluding hydrogens is 208 g/mol. The molecule has 2 rings (SSSR count). The Kier molecular flexibility index (Phi) is 3.65. The van der Waals surface area contributed by atoms with Crippen LogP contribution in [0.15, 0.2) is 42.5 Å². The second-order valence-electron chi connectivity index (χ2n) is 5.04. The highest BCUT2D eigenvalue weighted by Gasteiger charge is 2.39. The van der Waals surface area contributed by atoms with Crippen LogP contribution >= 0.6 is 0 Å². The maximum absolute atomic E-state index is 6.70. The molecule has 1 aromatic rings. The Bertz CT molecular complexity index is 385. The van der Waals surface area contributed by atoms with Crippen LogP contribution in [-0.4, -0.2) is 13.6 Å². The van der Waals surface area contributed by atoms with E-state index in [-0.39, 0.29) is 5.54 Å². The second-order valence-corrected chi connectivity index (χ2v) is 5.04. The predicted octanol–water partition coefficient (Wildman–Crippen LogP) is 2.42. The SMILES string of the molecule is C=C1CCCC1C(N)(CNC)c1ccccc1. The van der Waals surface area contributed by atoms with E-state index in [0.29, 0.717) is 5.92 Å². The number of nitrogens with one attached hydrogen (secondary N) is 1. The zero-order valence-electron chi connectivity index (χ0n) is 10.6. The summed E-state index contributed by atoms with van der Waals surface area (Å²) in [7, 11) is 1.96. The molecule has 3 N–H and O–H groups in total. The summed E-state index contributed by atoms with van der Waals surface area (Å²) in [6.07, 6.45) is 3.51. The number of benzene rings is 1. The number of rotatable bonds is 4. The molecule has 0 amide bonds. The summed E-state index contributed by atoms with van der Waals surface area (Å²) in [4.78, 5) is 0. The number of hydrogen-bond acceptors (Lipinski definition) is 2. The van der Waals surface area contributed by atoms with Crippen LogP contribution in [0.1, 0.15) is 24.8 Å². The smallest absolute Gasteiger partial charge is 0.0601 e. The molecule has 0 saturated heterocycles. The van der Waals surface area contributed by atoms with Gasteiger partial charge in [0.05, 0.1) is 5.54 Å². The maximum atomic E-state index is 6.70. The lowest BCUT2D eigenvalue weighted by atomic mass is 9.76. The van der Waals surface area contributed by atoms with Gasteiger partial charge in [-0.25, -0.2) is 0 Å². The Morgan fingerprint density at radius 1 is 1.41 bits per heavy atom. The fourth-order valence-electron chi connectivity index (χ4n) is 3.00. The highest BCUT2D eigenvalue weighted by atomic mass is 14.9. The highest BCUT2D eigenvalue weighted by molar-refractivity contribution is 5.30. The standard InChI is InChI=1S/C15H22N2/c1-12-7-6-10-14(12)15(16,11-17-2)13-8-4-3-5-9-13/h3-5,8-9,14,17H,1,6-7,10-11,16H2,2H3. The molecule has 0 radical (unpaired) electrons. The molecule has 2 heteroatoms. The fourth-order valence-corrected chi connectivity index (χ4v) is 3.00. The van der Waals surface area contributed by atoms with Crippen LogP contribution < -0.4 is 11.1 Å². The van der Waals surface area contributed by atoms with Gasteiger partial charge in [0.1, 0.15) is 0 Å². The first-order valence-corrected chi connectivity index (χ1v) is 6.35. The molecule has 2 atom stereocenters. The van der Waals surface area contributed by atoms with Crippen molar-refractivity contribution in [2.75, 3.05) is 13.6 Å². The van der Waals surface area contributed by atoms with E-state index in [0.717, 1.165) is 19.4 Å². The summed E-state index contributed by atoms with van der Waals surface area (Å²) in [6, 6.07) is 10.4. The van der Waals surface area contributed by atoms with E-state index in [1.807, 2.05) is 13.1 Å². The van der Waals surface area contributed by atoms with Crippen LogP contribution in [0.3, 0.4) is 0 Å². The highest BCUT2D eigenvalue weighted by Crippen LogP contribution is 2.41. The van der Waals surface area contributed by atoms with Crippen molar-refractivity contribution in [1.29, 1.82) is 0 Å². The van der Waals surface area contributed by atoms with Crippen molar-refractivity contribution >= 4 is 0 Å². The summed E-state index contributed by atoms with van der Waals surface area (Å²) in [5.74, 6) is 0.400. The summed E-state index contributed by atoms with van der Waals surface area (Å²) < 4.78 is 0. The molecular formula is C15H22N2. The molecule has 1 aliphatic rings. The van der Waals surface area contributed by atoms with Crippen molar-refractivity contribution in [3.63, 3.8) is 0 Å². The van der Waals surface area contributed by atoms with Crippen LogP contribution in [0.4, 0.5) is 0 Å². The molecule has 0 spiro atoms. The molecule has 2 nitrogen and oxygen atoms in total. The van der Waals surface area contributed by atoms with E-state index < -0.39 is 0 Å². The van der Waals surface area contributed by atoms with Crippen molar-refractivity contribution < 1.29 is 0 Å². The van der Waals surface area contributed by atoms with E-state index in [4.69, 9.17) is 5.73 Å². The van der Waals surface area contributed by atoms with Gasteiger partial charge in [0.15, 0.2) is 0 Å². The molecule has 1 saturated carbocycles. The minimum Gasteiger partial charge on any atom is -0.320 e. The lowest BCUT2D eigenvalue weighted by molar-refractivity contribution is 0.309. The van der Waals surface area contributed by atoms with Gasteiger partial charge in [0, 0.05) is 12.5 Å². The molecule has 1 fully saturated rings. The fraction of sp³-hybridized carbons (Fsp3) is 0.467. The Hall–Kier alpha value is -1.12. The zero-order chi connectivity index (χ0) is 12.3. The number of hydrogen-bond donors (Lipinski definition) is 2. The van der Waals surface area contributed by atoms with Crippen molar-refractivity contribution in [3.05, 3.63) is 48.0 Å². The summed E-state index contributed by atoms with van der Waals surface area (Å²) in [5.41, 5.74) is 8.91. The molecule has 0 bridgehead atoms. The third-order valence-electron chi connectivity index (χ3n) is 3.89. The van der Waals surface area contributed by atoms with Crippen LogP contribution in [0.2, 0.25) is 0 Å². The lowest BCUT2D eigenvalue weighted by Gasteiger charge is -2.36. The van der Waals surface area contributed by atoms with Gasteiger partial charge in [-0.1, -0.05) is 42.5 Å². The lowest BCUT2D eigenvalue weighted by Crippen LogP contribution is -2.50. The normalized spacial score (nSPS) is 23.6. The van der Waals surface area contributed by atoms with Crippen molar-refractivity contribution in [3.8, 4) is 0 Å². The van der Waals surface area contributed by atoms with Gasteiger partial charge in [0.25, 0.3) is 0 Å². The Labute approximate surface area is 104 Å². The van der Waals surface area contributed by atoms with E-state index in [1.165, 1.54) is 17.6 Å². The minimum absolute atomic E-state index is 0.316. The van der Waals surface area contributed by atoms with E-state index in [9.17, 15) is 0 Å². The molecule has 17 heavy (non-hydrogen) atoms. The van der Waals surface area contributed by atoms with Crippen molar-refractivity contribution in [2.24, 2.45) is 11.7 Å². The quantitative estimate of drug-likeness (QED) is 0.780. The first-order valence-electron chi connectivity index (χ1n) is 6.35. The summed E-state index contributed by atoms with van der Waals surface area (Å²) in [6.45, 7) is 4.99. The molecule has 1 aromatic carbocycles. The van der Waals surface area contributed by atoms with Crippen molar-refractivity contribution in [2.45, 2.75) is 24.8 Å². The van der Waals surface area contributed by atoms with E-state index >= 15 is 0 Å². The van der Waals surface area contributed by atoms with Gasteiger partial charge in [-0.05, 0) is 31.9 Å². The average Bonchev–Trinajstić information content (AvgIpc) is 2.77. The predicted molar refractivity (Wildman–Crippen MR) is 72.7 cm³/mol. The topological polar surface area (TPSA) is 38.0 Å². The number of likely N-dealkylation sites (N-methyl/N-ethyl adjacent to an activating group) is 1. The molecule has 0 aliphatic heterocycles. The van der Waals surface area contributed by atoms with Crippen molar-refractivity contribution in [1.82, 2.24) is 5.32 Å². The monoisotopic (exact) mass is 230 g/mol. The Morgan fingerprint density at radius 2 is 2.12 bits per heavy atom. The average molecular weight is 230 g/mol. The van der Waals surface area contributed by atoms with Gasteiger partial charge in [-0.3, -0.25) is 0 Å². The van der Waals surface area contributed by atoms with Crippen LogP contribution in [0.25, 0.3) is 0 Å². The van der Waals surface area contributed by atoms with Gasteiger partial charge >= 0.3 is 0 Å². The molecule has 2 unspecified atom stereocenters. The van der Waals surface area contributed by atoms with Crippen LogP contribution in [0.5, 0.6) is 0 Å².